The van der Waals surface area contributed by atoms with Crippen LogP contribution in [0, 0.1) is 0 Å². The average molecular weight is 365 g/mol. The van der Waals surface area contributed by atoms with Gasteiger partial charge in [0.05, 0.1) is 0 Å². The fourth-order valence-electron chi connectivity index (χ4n) is 2.60. The lowest BCUT2D eigenvalue weighted by Gasteiger charge is -2.33. The Labute approximate surface area is 145 Å². The number of hydrogen-bond acceptors (Lipinski definition) is 5. The first-order valence-corrected chi connectivity index (χ1v) is 10.1. The molecule has 0 radical (unpaired) electrons. The smallest absolute Gasteiger partial charge is 0.272 e. The van der Waals surface area contributed by atoms with Gasteiger partial charge in [0.2, 0.25) is 0 Å². The maximum absolute atomic E-state index is 12.7. The summed E-state index contributed by atoms with van der Waals surface area (Å²) in [7, 11) is -3.47. The molecule has 0 unspecified atom stereocenters. The van der Waals surface area contributed by atoms with E-state index in [0.29, 0.717) is 36.1 Å². The number of amides is 1. The van der Waals surface area contributed by atoms with Gasteiger partial charge in [-0.25, -0.2) is 8.42 Å². The van der Waals surface area contributed by atoms with E-state index in [2.05, 4.69) is 4.98 Å². The van der Waals surface area contributed by atoms with Crippen LogP contribution in [0.1, 0.15) is 22.3 Å². The zero-order valence-electron chi connectivity index (χ0n) is 13.4. The number of aryl methyl sites for hydroxylation is 1. The predicted octanol–water partition coefficient (Wildman–Crippen LogP) is 1.85. The van der Waals surface area contributed by atoms with Crippen molar-refractivity contribution in [2.45, 2.75) is 17.6 Å². The maximum atomic E-state index is 12.7. The normalized spacial score (nSPS) is 16.3. The highest BCUT2D eigenvalue weighted by Crippen LogP contribution is 2.26. The number of carbonyl (C=O) groups excluding carboxylic acids is 1. The summed E-state index contributed by atoms with van der Waals surface area (Å²) in [6.07, 6.45) is 2.41. The van der Waals surface area contributed by atoms with Crippen molar-refractivity contribution in [3.8, 4) is 0 Å². The molecule has 1 fully saturated rings. The molecule has 2 aromatic rings. The molecule has 2 aromatic heterocycles. The molecule has 8 heteroatoms. The summed E-state index contributed by atoms with van der Waals surface area (Å²) in [5.41, 5.74) is 0.389. The Morgan fingerprint density at radius 1 is 1.17 bits per heavy atom. The second-order valence-electron chi connectivity index (χ2n) is 5.49. The van der Waals surface area contributed by atoms with Crippen LogP contribution in [0.2, 0.25) is 0 Å². The van der Waals surface area contributed by atoms with Crippen LogP contribution in [0.3, 0.4) is 0 Å². The SMILES string of the molecule is CCc1ccc(S(=O)(=O)N2CCN(C(=O)c3ccccn3)CC2)s1. The highest BCUT2D eigenvalue weighted by atomic mass is 32.2. The van der Waals surface area contributed by atoms with E-state index in [9.17, 15) is 13.2 Å². The van der Waals surface area contributed by atoms with Crippen molar-refractivity contribution in [1.29, 1.82) is 0 Å². The minimum absolute atomic E-state index is 0.156. The van der Waals surface area contributed by atoms with Gasteiger partial charge in [-0.15, -0.1) is 11.3 Å². The third-order valence-corrected chi connectivity index (χ3v) is 7.59. The quantitative estimate of drug-likeness (QED) is 0.829. The summed E-state index contributed by atoms with van der Waals surface area (Å²) in [4.78, 5) is 19.1. The van der Waals surface area contributed by atoms with Crippen LogP contribution in [0.15, 0.2) is 40.7 Å². The van der Waals surface area contributed by atoms with E-state index in [1.165, 1.54) is 15.6 Å². The minimum Gasteiger partial charge on any atom is -0.335 e. The molecule has 0 N–H and O–H groups in total. The molecule has 6 nitrogen and oxygen atoms in total. The van der Waals surface area contributed by atoms with E-state index in [1.807, 2.05) is 13.0 Å². The van der Waals surface area contributed by atoms with Gasteiger partial charge in [-0.05, 0) is 30.7 Å². The number of rotatable bonds is 4. The van der Waals surface area contributed by atoms with Gasteiger partial charge in [0.1, 0.15) is 9.90 Å². The van der Waals surface area contributed by atoms with Crippen LogP contribution in [-0.4, -0.2) is 54.7 Å². The molecule has 1 aliphatic heterocycles. The zero-order valence-corrected chi connectivity index (χ0v) is 15.0. The molecular formula is C16H19N3O3S2. The summed E-state index contributed by atoms with van der Waals surface area (Å²) >= 11 is 1.32. The van der Waals surface area contributed by atoms with Gasteiger partial charge in [0.15, 0.2) is 0 Å². The van der Waals surface area contributed by atoms with E-state index in [1.54, 1.807) is 35.4 Å². The summed E-state index contributed by atoms with van der Waals surface area (Å²) in [5, 5.41) is 0. The van der Waals surface area contributed by atoms with Crippen LogP contribution in [0.5, 0.6) is 0 Å². The molecule has 1 saturated heterocycles. The molecule has 1 aliphatic rings. The van der Waals surface area contributed by atoms with E-state index in [0.717, 1.165) is 11.3 Å². The molecule has 0 aliphatic carbocycles. The predicted molar refractivity (Wildman–Crippen MR) is 92.6 cm³/mol. The van der Waals surface area contributed by atoms with Crippen LogP contribution < -0.4 is 0 Å². The van der Waals surface area contributed by atoms with Gasteiger partial charge in [-0.1, -0.05) is 13.0 Å². The number of nitrogens with zero attached hydrogens (tertiary/aromatic N) is 3. The van der Waals surface area contributed by atoms with Crippen molar-refractivity contribution in [3.05, 3.63) is 47.1 Å². The number of thiophene rings is 1. The van der Waals surface area contributed by atoms with E-state index < -0.39 is 10.0 Å². The Morgan fingerprint density at radius 3 is 2.50 bits per heavy atom. The molecule has 3 heterocycles. The van der Waals surface area contributed by atoms with Gasteiger partial charge in [0.25, 0.3) is 15.9 Å². The largest absolute Gasteiger partial charge is 0.335 e. The monoisotopic (exact) mass is 365 g/mol. The van der Waals surface area contributed by atoms with Gasteiger partial charge in [0, 0.05) is 37.3 Å². The van der Waals surface area contributed by atoms with Crippen LogP contribution in [-0.2, 0) is 16.4 Å². The number of pyridine rings is 1. The first kappa shape index (κ1) is 17.1. The molecule has 3 rings (SSSR count). The molecule has 0 saturated carbocycles. The van der Waals surface area contributed by atoms with Crippen molar-refractivity contribution in [2.24, 2.45) is 0 Å². The van der Waals surface area contributed by atoms with Crippen LogP contribution in [0.25, 0.3) is 0 Å². The molecule has 128 valence electrons. The third-order valence-electron chi connectivity index (χ3n) is 3.99. The first-order valence-electron chi connectivity index (χ1n) is 7.81. The number of aromatic nitrogens is 1. The number of sulfonamides is 1. The highest BCUT2D eigenvalue weighted by molar-refractivity contribution is 7.91. The van der Waals surface area contributed by atoms with Crippen molar-refractivity contribution in [3.63, 3.8) is 0 Å². The number of piperazine rings is 1. The van der Waals surface area contributed by atoms with Crippen LogP contribution >= 0.6 is 11.3 Å². The molecule has 0 bridgehead atoms. The van der Waals surface area contributed by atoms with Crippen molar-refractivity contribution >= 4 is 27.3 Å². The van der Waals surface area contributed by atoms with Gasteiger partial charge in [-0.3, -0.25) is 9.78 Å². The fourth-order valence-corrected chi connectivity index (χ4v) is 5.47. The molecule has 0 atom stereocenters. The molecular weight excluding hydrogens is 346 g/mol. The molecule has 24 heavy (non-hydrogen) atoms. The molecule has 0 spiro atoms. The van der Waals surface area contributed by atoms with Crippen molar-refractivity contribution in [1.82, 2.24) is 14.2 Å². The fraction of sp³-hybridized carbons (Fsp3) is 0.375. The van der Waals surface area contributed by atoms with Gasteiger partial charge < -0.3 is 4.90 Å². The summed E-state index contributed by atoms with van der Waals surface area (Å²) in [6, 6.07) is 8.72. The first-order chi connectivity index (χ1) is 11.5. The van der Waals surface area contributed by atoms with Crippen molar-refractivity contribution in [2.75, 3.05) is 26.2 Å². The maximum Gasteiger partial charge on any atom is 0.272 e. The second-order valence-corrected chi connectivity index (χ2v) is 8.82. The minimum atomic E-state index is -3.47. The van der Waals surface area contributed by atoms with E-state index in [-0.39, 0.29) is 5.91 Å². The Balaban J connectivity index is 1.67. The van der Waals surface area contributed by atoms with Gasteiger partial charge in [-0.2, -0.15) is 4.31 Å². The Kier molecular flexibility index (Phi) is 4.98. The lowest BCUT2D eigenvalue weighted by molar-refractivity contribution is 0.0692. The highest BCUT2D eigenvalue weighted by Gasteiger charge is 2.31. The molecule has 1 amide bonds. The van der Waals surface area contributed by atoms with Gasteiger partial charge >= 0.3 is 0 Å². The van der Waals surface area contributed by atoms with Crippen molar-refractivity contribution < 1.29 is 13.2 Å². The summed E-state index contributed by atoms with van der Waals surface area (Å²) < 4.78 is 27.2. The zero-order chi connectivity index (χ0) is 17.2. The van der Waals surface area contributed by atoms with Crippen LogP contribution in [0.4, 0.5) is 0 Å². The standard InChI is InChI=1S/C16H19N3O3S2/c1-2-13-6-7-15(23-13)24(21,22)19-11-9-18(10-12-19)16(20)14-5-3-4-8-17-14/h3-8H,2,9-12H2,1H3. The summed E-state index contributed by atoms with van der Waals surface area (Å²) in [6.45, 7) is 3.37. The summed E-state index contributed by atoms with van der Waals surface area (Å²) in [5.74, 6) is -0.156. The Morgan fingerprint density at radius 2 is 1.92 bits per heavy atom. The topological polar surface area (TPSA) is 70.6 Å². The average Bonchev–Trinajstić information content (AvgIpc) is 3.12. The van der Waals surface area contributed by atoms with E-state index in [4.69, 9.17) is 0 Å². The molecule has 0 aromatic carbocycles. The Hall–Kier alpha value is -1.77. The number of hydrogen-bond donors (Lipinski definition) is 0. The number of carbonyl (C=O) groups is 1. The lowest BCUT2D eigenvalue weighted by atomic mass is 10.3. The van der Waals surface area contributed by atoms with E-state index >= 15 is 0 Å². The second kappa shape index (κ2) is 7.00. The third kappa shape index (κ3) is 3.35. The lowest BCUT2D eigenvalue weighted by Crippen LogP contribution is -2.50. The Bertz CT molecular complexity index is 810.